The lowest BCUT2D eigenvalue weighted by Gasteiger charge is -2.23. The Morgan fingerprint density at radius 3 is 2.72 bits per heavy atom. The number of benzene rings is 1. The first kappa shape index (κ1) is 14.7. The molecule has 1 aromatic rings. The lowest BCUT2D eigenvalue weighted by molar-refractivity contribution is 0.0221. The third-order valence-electron chi connectivity index (χ3n) is 2.55. The zero-order valence-electron chi connectivity index (χ0n) is 10.9. The Balaban J connectivity index is 2.47. The average Bonchev–Trinajstić information content (AvgIpc) is 2.38. The fourth-order valence-electron chi connectivity index (χ4n) is 1.76. The average molecular weight is 247 g/mol. The van der Waals surface area contributed by atoms with Crippen LogP contribution in [0.2, 0.25) is 0 Å². The third kappa shape index (κ3) is 5.83. The van der Waals surface area contributed by atoms with Gasteiger partial charge in [-0.1, -0.05) is 36.3 Å². The van der Waals surface area contributed by atoms with Crippen molar-refractivity contribution in [2.45, 2.75) is 19.6 Å². The van der Waals surface area contributed by atoms with Crippen molar-refractivity contribution in [1.82, 2.24) is 4.90 Å². The molecule has 0 fully saturated rings. The van der Waals surface area contributed by atoms with E-state index in [2.05, 4.69) is 18.1 Å². The molecule has 18 heavy (non-hydrogen) atoms. The molecule has 1 atom stereocenters. The van der Waals surface area contributed by atoms with Crippen LogP contribution < -0.4 is 0 Å². The van der Waals surface area contributed by atoms with Crippen molar-refractivity contribution in [2.24, 2.45) is 0 Å². The summed E-state index contributed by atoms with van der Waals surface area (Å²) < 4.78 is 5.20. The van der Waals surface area contributed by atoms with Crippen molar-refractivity contribution in [3.05, 3.63) is 35.9 Å². The number of hydrogen-bond acceptors (Lipinski definition) is 3. The summed E-state index contributed by atoms with van der Waals surface area (Å²) in [7, 11) is 0. The molecule has 98 valence electrons. The van der Waals surface area contributed by atoms with Gasteiger partial charge in [0.2, 0.25) is 0 Å². The Labute approximate surface area is 109 Å². The van der Waals surface area contributed by atoms with Crippen LogP contribution in [0.5, 0.6) is 0 Å². The highest BCUT2D eigenvalue weighted by atomic mass is 16.5. The van der Waals surface area contributed by atoms with Gasteiger partial charge in [0, 0.05) is 19.7 Å². The summed E-state index contributed by atoms with van der Waals surface area (Å²) in [5.41, 5.74) is 1.19. The van der Waals surface area contributed by atoms with Crippen molar-refractivity contribution in [1.29, 1.82) is 0 Å². The van der Waals surface area contributed by atoms with E-state index in [0.717, 1.165) is 6.54 Å². The fourth-order valence-corrected chi connectivity index (χ4v) is 1.76. The summed E-state index contributed by atoms with van der Waals surface area (Å²) in [6, 6.07) is 10.1. The summed E-state index contributed by atoms with van der Waals surface area (Å²) in [6.07, 6.45) is 4.86. The summed E-state index contributed by atoms with van der Waals surface area (Å²) >= 11 is 0. The lowest BCUT2D eigenvalue weighted by atomic mass is 10.2. The number of aliphatic hydroxyl groups is 1. The standard InChI is InChI=1S/C15H21NO2/c1-3-10-16(12-15(17)13-18-4-2)11-14-8-6-5-7-9-14/h1,5-9,15,17H,4,10-13H2,2H3. The normalized spacial score (nSPS) is 12.3. The topological polar surface area (TPSA) is 32.7 Å². The number of hydrogen-bond donors (Lipinski definition) is 1. The first-order chi connectivity index (χ1) is 8.76. The van der Waals surface area contributed by atoms with Gasteiger partial charge in [0.15, 0.2) is 0 Å². The molecule has 0 aromatic heterocycles. The molecule has 0 radical (unpaired) electrons. The Morgan fingerprint density at radius 1 is 1.39 bits per heavy atom. The minimum Gasteiger partial charge on any atom is -0.389 e. The highest BCUT2D eigenvalue weighted by Gasteiger charge is 2.11. The molecule has 0 amide bonds. The maximum atomic E-state index is 9.82. The van der Waals surface area contributed by atoms with E-state index in [-0.39, 0.29) is 0 Å². The van der Waals surface area contributed by atoms with E-state index >= 15 is 0 Å². The van der Waals surface area contributed by atoms with Gasteiger partial charge in [-0.3, -0.25) is 4.90 Å². The Kier molecular flexibility index (Phi) is 7.12. The summed E-state index contributed by atoms with van der Waals surface area (Å²) in [5, 5.41) is 9.82. The van der Waals surface area contributed by atoms with E-state index in [1.54, 1.807) is 0 Å². The van der Waals surface area contributed by atoms with Gasteiger partial charge in [0.05, 0.1) is 19.3 Å². The highest BCUT2D eigenvalue weighted by molar-refractivity contribution is 5.14. The third-order valence-corrected chi connectivity index (χ3v) is 2.55. The molecule has 0 bridgehead atoms. The number of terminal acetylenes is 1. The number of aliphatic hydroxyl groups excluding tert-OH is 1. The van der Waals surface area contributed by atoms with Crippen LogP contribution in [0.3, 0.4) is 0 Å². The first-order valence-electron chi connectivity index (χ1n) is 6.21. The first-order valence-corrected chi connectivity index (χ1v) is 6.21. The zero-order valence-corrected chi connectivity index (χ0v) is 10.9. The zero-order chi connectivity index (χ0) is 13.2. The van der Waals surface area contributed by atoms with Crippen molar-refractivity contribution in [3.8, 4) is 12.3 Å². The SMILES string of the molecule is C#CCN(Cc1ccccc1)CC(O)COCC. The molecule has 0 aliphatic heterocycles. The molecule has 0 saturated heterocycles. The van der Waals surface area contributed by atoms with Crippen molar-refractivity contribution < 1.29 is 9.84 Å². The molecule has 0 saturated carbocycles. The van der Waals surface area contributed by atoms with Crippen LogP contribution in [0, 0.1) is 12.3 Å². The molecular weight excluding hydrogens is 226 g/mol. The number of rotatable bonds is 8. The van der Waals surface area contributed by atoms with Crippen molar-refractivity contribution in [2.75, 3.05) is 26.3 Å². The molecule has 0 heterocycles. The summed E-state index contributed by atoms with van der Waals surface area (Å²) in [4.78, 5) is 2.04. The van der Waals surface area contributed by atoms with E-state index < -0.39 is 6.10 Å². The van der Waals surface area contributed by atoms with Crippen LogP contribution >= 0.6 is 0 Å². The Hall–Kier alpha value is -1.34. The molecule has 3 heteroatoms. The Morgan fingerprint density at radius 2 is 2.11 bits per heavy atom. The molecule has 0 spiro atoms. The second-order valence-corrected chi connectivity index (χ2v) is 4.17. The minimum absolute atomic E-state index is 0.354. The van der Waals surface area contributed by atoms with Crippen LogP contribution in [0.25, 0.3) is 0 Å². The maximum Gasteiger partial charge on any atom is 0.0900 e. The van der Waals surface area contributed by atoms with Gasteiger partial charge in [0.1, 0.15) is 0 Å². The van der Waals surface area contributed by atoms with E-state index in [9.17, 15) is 5.11 Å². The van der Waals surface area contributed by atoms with Gasteiger partial charge in [-0.05, 0) is 12.5 Å². The quantitative estimate of drug-likeness (QED) is 0.707. The summed E-state index contributed by atoms with van der Waals surface area (Å²) in [5.74, 6) is 2.62. The van der Waals surface area contributed by atoms with Crippen LogP contribution in [0.15, 0.2) is 30.3 Å². The number of nitrogens with zero attached hydrogens (tertiary/aromatic N) is 1. The smallest absolute Gasteiger partial charge is 0.0900 e. The lowest BCUT2D eigenvalue weighted by Crippen LogP contribution is -2.34. The van der Waals surface area contributed by atoms with Gasteiger partial charge in [-0.25, -0.2) is 0 Å². The minimum atomic E-state index is -0.498. The molecule has 1 rings (SSSR count). The van der Waals surface area contributed by atoms with Crippen LogP contribution in [-0.2, 0) is 11.3 Å². The van der Waals surface area contributed by atoms with Gasteiger partial charge in [-0.2, -0.15) is 0 Å². The predicted molar refractivity (Wildman–Crippen MR) is 73.1 cm³/mol. The van der Waals surface area contributed by atoms with Gasteiger partial charge in [-0.15, -0.1) is 6.42 Å². The van der Waals surface area contributed by atoms with Gasteiger partial charge in [0.25, 0.3) is 0 Å². The molecule has 1 unspecified atom stereocenters. The summed E-state index contributed by atoms with van der Waals surface area (Å²) in [6.45, 7) is 4.68. The maximum absolute atomic E-state index is 9.82. The van der Waals surface area contributed by atoms with Gasteiger partial charge < -0.3 is 9.84 Å². The van der Waals surface area contributed by atoms with E-state index in [1.807, 2.05) is 30.0 Å². The predicted octanol–water partition coefficient (Wildman–Crippen LogP) is 1.52. The molecular formula is C15H21NO2. The molecule has 3 nitrogen and oxygen atoms in total. The molecule has 0 aliphatic rings. The largest absolute Gasteiger partial charge is 0.389 e. The number of ether oxygens (including phenoxy) is 1. The monoisotopic (exact) mass is 247 g/mol. The second-order valence-electron chi connectivity index (χ2n) is 4.17. The van der Waals surface area contributed by atoms with Gasteiger partial charge >= 0.3 is 0 Å². The second kappa shape index (κ2) is 8.71. The molecule has 1 N–H and O–H groups in total. The van der Waals surface area contributed by atoms with E-state index in [1.165, 1.54) is 5.56 Å². The van der Waals surface area contributed by atoms with Crippen LogP contribution in [0.4, 0.5) is 0 Å². The van der Waals surface area contributed by atoms with E-state index in [4.69, 9.17) is 11.2 Å². The fraction of sp³-hybridized carbons (Fsp3) is 0.467. The Bertz CT molecular complexity index is 359. The van der Waals surface area contributed by atoms with Crippen molar-refractivity contribution >= 4 is 0 Å². The van der Waals surface area contributed by atoms with E-state index in [0.29, 0.717) is 26.3 Å². The van der Waals surface area contributed by atoms with Crippen molar-refractivity contribution in [3.63, 3.8) is 0 Å². The van der Waals surface area contributed by atoms with Crippen LogP contribution in [-0.4, -0.2) is 42.4 Å². The molecule has 1 aromatic carbocycles. The molecule has 0 aliphatic carbocycles. The van der Waals surface area contributed by atoms with Crippen LogP contribution in [0.1, 0.15) is 12.5 Å². The highest BCUT2D eigenvalue weighted by Crippen LogP contribution is 2.05.